The molecule has 1 heterocycles. The molecule has 0 aromatic carbocycles. The third kappa shape index (κ3) is 10.5. The molecule has 6 unspecified atom stereocenters. The minimum atomic E-state index is -1.34. The molecular weight excluding hydrogens is 540 g/mol. The van der Waals surface area contributed by atoms with E-state index in [0.717, 1.165) is 32.4 Å². The van der Waals surface area contributed by atoms with E-state index in [1.54, 1.807) is 0 Å². The number of fused-ring (bicyclic) bond motifs is 1. The van der Waals surface area contributed by atoms with Crippen LogP contribution in [-0.4, -0.2) is 118 Å². The Hall–Kier alpha value is -3.31. The lowest BCUT2D eigenvalue weighted by atomic mass is 9.78. The maximum Gasteiger partial charge on any atom is 0.315 e. The second kappa shape index (κ2) is 16.4. The number of urea groups is 1. The molecule has 0 aromatic rings. The van der Waals surface area contributed by atoms with E-state index >= 15 is 0 Å². The molecule has 0 aromatic heterocycles. The van der Waals surface area contributed by atoms with E-state index in [2.05, 4.69) is 46.6 Å². The fourth-order valence-corrected chi connectivity index (χ4v) is 5.90. The lowest BCUT2D eigenvalue weighted by molar-refractivity contribution is -0.130. The Labute approximate surface area is 248 Å². The van der Waals surface area contributed by atoms with Gasteiger partial charge in [0.15, 0.2) is 0 Å². The maximum atomic E-state index is 13.0. The number of hydrogen-bond donors (Lipinski definition) is 5. The SMILES string of the molecule is CN(C)CCCNC(=O)C1CC(N=NC(C#N)C(=O)NC2CCC3NC(=O)NC3C2)CC(C(=O)NCCCN(C)C)C1. The molecule has 1 saturated heterocycles. The number of rotatable bonds is 14. The quantitative estimate of drug-likeness (QED) is 0.139. The Morgan fingerprint density at radius 2 is 1.48 bits per heavy atom. The van der Waals surface area contributed by atoms with Crippen LogP contribution in [0, 0.1) is 23.2 Å². The van der Waals surface area contributed by atoms with Gasteiger partial charge in [-0.15, -0.1) is 0 Å². The summed E-state index contributed by atoms with van der Waals surface area (Å²) in [5.74, 6) is -1.60. The summed E-state index contributed by atoms with van der Waals surface area (Å²) < 4.78 is 0. The zero-order valence-electron chi connectivity index (χ0n) is 25.4. The topological polar surface area (TPSA) is 183 Å². The number of nitriles is 1. The van der Waals surface area contributed by atoms with Crippen molar-refractivity contribution >= 4 is 23.8 Å². The lowest BCUT2D eigenvalue weighted by Gasteiger charge is -2.32. The smallest absolute Gasteiger partial charge is 0.315 e. The van der Waals surface area contributed by atoms with Crippen LogP contribution in [0.25, 0.3) is 0 Å². The van der Waals surface area contributed by atoms with Crippen LogP contribution in [0.15, 0.2) is 10.2 Å². The van der Waals surface area contributed by atoms with Crippen molar-refractivity contribution in [2.45, 2.75) is 81.6 Å². The summed E-state index contributed by atoms with van der Waals surface area (Å²) in [6, 6.07) is -0.264. The van der Waals surface area contributed by atoms with E-state index < -0.39 is 29.8 Å². The summed E-state index contributed by atoms with van der Waals surface area (Å²) in [7, 11) is 7.91. The number of hydrogen-bond acceptors (Lipinski definition) is 9. The van der Waals surface area contributed by atoms with Crippen LogP contribution < -0.4 is 26.6 Å². The Morgan fingerprint density at radius 3 is 2.02 bits per heavy atom. The molecular formula is C28H48N10O4. The first-order valence-electron chi connectivity index (χ1n) is 15.1. The zero-order valence-corrected chi connectivity index (χ0v) is 25.4. The van der Waals surface area contributed by atoms with Crippen molar-refractivity contribution in [3.05, 3.63) is 0 Å². The van der Waals surface area contributed by atoms with Gasteiger partial charge in [0.05, 0.1) is 18.1 Å². The minimum Gasteiger partial charge on any atom is -0.356 e. The van der Waals surface area contributed by atoms with Crippen LogP contribution in [0.1, 0.15) is 51.4 Å². The lowest BCUT2D eigenvalue weighted by Crippen LogP contribution is -2.49. The maximum absolute atomic E-state index is 13.0. The van der Waals surface area contributed by atoms with E-state index in [1.807, 2.05) is 34.3 Å². The Morgan fingerprint density at radius 1 is 0.905 bits per heavy atom. The molecule has 14 heteroatoms. The number of amides is 5. The van der Waals surface area contributed by atoms with E-state index in [0.29, 0.717) is 45.2 Å². The van der Waals surface area contributed by atoms with Crippen molar-refractivity contribution in [1.82, 2.24) is 36.4 Å². The Bertz CT molecular complexity index is 977. The predicted octanol–water partition coefficient (Wildman–Crippen LogP) is -0.0298. The molecule has 2 aliphatic carbocycles. The molecule has 3 fully saturated rings. The number of carbonyl (C=O) groups is 4. The highest BCUT2D eigenvalue weighted by Crippen LogP contribution is 2.32. The molecule has 5 amide bonds. The molecule has 0 bridgehead atoms. The predicted molar refractivity (Wildman–Crippen MR) is 156 cm³/mol. The van der Waals surface area contributed by atoms with Gasteiger partial charge in [0.25, 0.3) is 5.91 Å². The van der Waals surface area contributed by atoms with Crippen LogP contribution in [0.2, 0.25) is 0 Å². The standard InChI is InChI=1S/C28H48N10O4/c1-37(2)11-5-9-30-25(39)18-13-19(26(40)31-10-6-12-38(3)4)15-21(14-18)35-36-24(17-29)27(41)32-20-7-8-22-23(16-20)34-28(42)33-22/h18-24H,5-16H2,1-4H3,(H,30,39)(H,31,40)(H,32,41)(H2,33,34,42). The van der Waals surface area contributed by atoms with Gasteiger partial charge in [-0.1, -0.05) is 0 Å². The first-order chi connectivity index (χ1) is 20.0. The van der Waals surface area contributed by atoms with Crippen LogP contribution in [-0.2, 0) is 14.4 Å². The van der Waals surface area contributed by atoms with Crippen molar-refractivity contribution in [3.8, 4) is 6.07 Å². The van der Waals surface area contributed by atoms with Gasteiger partial charge in [-0.2, -0.15) is 15.5 Å². The van der Waals surface area contributed by atoms with Gasteiger partial charge in [0.2, 0.25) is 17.9 Å². The van der Waals surface area contributed by atoms with Gasteiger partial charge in [-0.3, -0.25) is 14.4 Å². The molecule has 0 spiro atoms. The van der Waals surface area contributed by atoms with E-state index in [4.69, 9.17) is 0 Å². The largest absolute Gasteiger partial charge is 0.356 e. The second-order valence-corrected chi connectivity index (χ2v) is 12.3. The molecule has 0 radical (unpaired) electrons. The van der Waals surface area contributed by atoms with Crippen molar-refractivity contribution in [3.63, 3.8) is 0 Å². The summed E-state index contributed by atoms with van der Waals surface area (Å²) in [4.78, 5) is 54.7. The van der Waals surface area contributed by atoms with Crippen LogP contribution in [0.5, 0.6) is 0 Å². The molecule has 3 rings (SSSR count). The Balaban J connectivity index is 1.59. The normalized spacial score (nSPS) is 28.0. The van der Waals surface area contributed by atoms with Gasteiger partial charge < -0.3 is 36.4 Å². The number of carbonyl (C=O) groups excluding carboxylic acids is 4. The molecule has 6 atom stereocenters. The van der Waals surface area contributed by atoms with E-state index in [-0.39, 0.29) is 36.0 Å². The van der Waals surface area contributed by atoms with Crippen LogP contribution in [0.3, 0.4) is 0 Å². The molecule has 2 saturated carbocycles. The highest BCUT2D eigenvalue weighted by molar-refractivity contribution is 5.85. The van der Waals surface area contributed by atoms with Crippen LogP contribution >= 0.6 is 0 Å². The summed E-state index contributed by atoms with van der Waals surface area (Å²) in [6.07, 6.45) is 4.82. The van der Waals surface area contributed by atoms with Gasteiger partial charge in [0, 0.05) is 31.0 Å². The second-order valence-electron chi connectivity index (χ2n) is 12.3. The molecule has 234 valence electrons. The average Bonchev–Trinajstić information content (AvgIpc) is 3.32. The fraction of sp³-hybridized carbons (Fsp3) is 0.821. The van der Waals surface area contributed by atoms with E-state index in [9.17, 15) is 24.4 Å². The van der Waals surface area contributed by atoms with Gasteiger partial charge >= 0.3 is 6.03 Å². The van der Waals surface area contributed by atoms with Gasteiger partial charge in [-0.05, 0) is 92.6 Å². The number of nitrogens with zero attached hydrogens (tertiary/aromatic N) is 5. The summed E-state index contributed by atoms with van der Waals surface area (Å²) in [5.41, 5.74) is 0. The summed E-state index contributed by atoms with van der Waals surface area (Å²) in [5, 5.41) is 32.7. The highest BCUT2D eigenvalue weighted by Gasteiger charge is 2.39. The zero-order chi connectivity index (χ0) is 30.6. The number of azo groups is 1. The third-order valence-corrected chi connectivity index (χ3v) is 8.13. The van der Waals surface area contributed by atoms with Gasteiger partial charge in [0.1, 0.15) is 6.07 Å². The fourth-order valence-electron chi connectivity index (χ4n) is 5.90. The molecule has 3 aliphatic rings. The van der Waals surface area contributed by atoms with Gasteiger partial charge in [-0.25, -0.2) is 4.79 Å². The first kappa shape index (κ1) is 33.2. The van der Waals surface area contributed by atoms with Crippen molar-refractivity contribution < 1.29 is 19.2 Å². The summed E-state index contributed by atoms with van der Waals surface area (Å²) in [6.45, 7) is 2.79. The van der Waals surface area contributed by atoms with Crippen molar-refractivity contribution in [2.75, 3.05) is 54.4 Å². The third-order valence-electron chi connectivity index (χ3n) is 8.13. The molecule has 42 heavy (non-hydrogen) atoms. The minimum absolute atomic E-state index is 0.0552. The monoisotopic (exact) mass is 588 g/mol. The molecule has 14 nitrogen and oxygen atoms in total. The molecule has 5 N–H and O–H groups in total. The first-order valence-corrected chi connectivity index (χ1v) is 15.1. The van der Waals surface area contributed by atoms with E-state index in [1.165, 1.54) is 0 Å². The molecule has 1 aliphatic heterocycles. The van der Waals surface area contributed by atoms with Crippen LogP contribution in [0.4, 0.5) is 4.79 Å². The Kier molecular flexibility index (Phi) is 12.9. The average molecular weight is 589 g/mol. The number of nitrogens with one attached hydrogen (secondary N) is 5. The van der Waals surface area contributed by atoms with Crippen molar-refractivity contribution in [1.29, 1.82) is 5.26 Å². The van der Waals surface area contributed by atoms with Crippen molar-refractivity contribution in [2.24, 2.45) is 22.1 Å². The highest BCUT2D eigenvalue weighted by atomic mass is 16.2. The summed E-state index contributed by atoms with van der Waals surface area (Å²) >= 11 is 0.